The second-order valence-electron chi connectivity index (χ2n) is 3.49. The van der Waals surface area contributed by atoms with Crippen LogP contribution in [0.5, 0.6) is 0 Å². The summed E-state index contributed by atoms with van der Waals surface area (Å²) < 4.78 is 13.3. The van der Waals surface area contributed by atoms with Crippen molar-refractivity contribution in [3.8, 4) is 0 Å². The molecule has 74 valence electrons. The van der Waals surface area contributed by atoms with Gasteiger partial charge in [0.05, 0.1) is 0 Å². The van der Waals surface area contributed by atoms with E-state index in [-0.39, 0.29) is 23.6 Å². The van der Waals surface area contributed by atoms with E-state index in [9.17, 15) is 9.18 Å². The summed E-state index contributed by atoms with van der Waals surface area (Å²) in [5.41, 5.74) is 5.55. The van der Waals surface area contributed by atoms with Gasteiger partial charge in [0.1, 0.15) is 5.82 Å². The molecular weight excluding hydrogens is 205 g/mol. The van der Waals surface area contributed by atoms with Gasteiger partial charge >= 0.3 is 0 Å². The van der Waals surface area contributed by atoms with Gasteiger partial charge in [-0.25, -0.2) is 4.39 Å². The lowest BCUT2D eigenvalue weighted by molar-refractivity contribution is -0.119. The Hall–Kier alpha value is -1.09. The third-order valence-corrected chi connectivity index (χ3v) is 2.86. The highest BCUT2D eigenvalue weighted by Crippen LogP contribution is 2.50. The normalized spacial score (nSPS) is 24.7. The maximum atomic E-state index is 13.3. The quantitative estimate of drug-likeness (QED) is 0.803. The van der Waals surface area contributed by atoms with Crippen molar-refractivity contribution in [1.29, 1.82) is 0 Å². The van der Waals surface area contributed by atoms with Gasteiger partial charge in [-0.1, -0.05) is 17.7 Å². The first kappa shape index (κ1) is 9.46. The number of amides is 1. The summed E-state index contributed by atoms with van der Waals surface area (Å²) in [5, 5.41) is 0.374. The van der Waals surface area contributed by atoms with Gasteiger partial charge in [-0.05, 0) is 18.6 Å². The second kappa shape index (κ2) is 3.24. The topological polar surface area (TPSA) is 43.1 Å². The first-order valence-corrected chi connectivity index (χ1v) is 4.72. The third-order valence-electron chi connectivity index (χ3n) is 2.53. The molecule has 4 heteroatoms. The Kier molecular flexibility index (Phi) is 2.19. The lowest BCUT2D eigenvalue weighted by atomic mass is 10.1. The predicted octanol–water partition coefficient (Wildman–Crippen LogP) is 2.07. The molecule has 1 aromatic carbocycles. The Balaban J connectivity index is 2.31. The number of carbonyl (C=O) groups excluding carboxylic acids is 1. The molecular formula is C10H9ClFNO. The van der Waals surface area contributed by atoms with Crippen LogP contribution in [0.3, 0.4) is 0 Å². The monoisotopic (exact) mass is 213 g/mol. The van der Waals surface area contributed by atoms with E-state index in [1.165, 1.54) is 6.07 Å². The van der Waals surface area contributed by atoms with Gasteiger partial charge in [-0.2, -0.15) is 0 Å². The molecule has 1 saturated carbocycles. The van der Waals surface area contributed by atoms with Gasteiger partial charge in [0.25, 0.3) is 0 Å². The smallest absolute Gasteiger partial charge is 0.221 e. The number of primary amides is 1. The van der Waals surface area contributed by atoms with Gasteiger partial charge in [-0.3, -0.25) is 4.79 Å². The summed E-state index contributed by atoms with van der Waals surface area (Å²) in [6.07, 6.45) is 0.607. The van der Waals surface area contributed by atoms with E-state index in [0.29, 0.717) is 17.0 Å². The molecule has 1 amide bonds. The molecule has 1 aromatic rings. The Morgan fingerprint density at radius 3 is 2.79 bits per heavy atom. The summed E-state index contributed by atoms with van der Waals surface area (Å²) in [5.74, 6) is -1.11. The number of hydrogen-bond donors (Lipinski definition) is 1. The SMILES string of the molecule is NC(=O)[C@@H]1C[C@@H]1c1c(F)cccc1Cl. The zero-order chi connectivity index (χ0) is 10.3. The summed E-state index contributed by atoms with van der Waals surface area (Å²) in [4.78, 5) is 10.8. The Bertz CT molecular complexity index is 373. The summed E-state index contributed by atoms with van der Waals surface area (Å²) in [6, 6.07) is 4.51. The van der Waals surface area contributed by atoms with Crippen molar-refractivity contribution in [2.75, 3.05) is 0 Å². The Morgan fingerprint density at radius 1 is 1.57 bits per heavy atom. The van der Waals surface area contributed by atoms with E-state index in [1.54, 1.807) is 12.1 Å². The van der Waals surface area contributed by atoms with Crippen molar-refractivity contribution in [1.82, 2.24) is 0 Å². The van der Waals surface area contributed by atoms with Crippen molar-refractivity contribution in [2.24, 2.45) is 11.7 Å². The van der Waals surface area contributed by atoms with Crippen LogP contribution in [0, 0.1) is 11.7 Å². The average Bonchev–Trinajstić information content (AvgIpc) is 2.83. The highest BCUT2D eigenvalue weighted by Gasteiger charge is 2.45. The van der Waals surface area contributed by atoms with Crippen LogP contribution in [-0.2, 0) is 4.79 Å². The molecule has 0 aliphatic heterocycles. The summed E-state index contributed by atoms with van der Waals surface area (Å²) >= 11 is 5.84. The van der Waals surface area contributed by atoms with Gasteiger partial charge in [0, 0.05) is 22.4 Å². The number of benzene rings is 1. The lowest BCUT2D eigenvalue weighted by Gasteiger charge is -2.03. The van der Waals surface area contributed by atoms with Crippen LogP contribution in [-0.4, -0.2) is 5.91 Å². The summed E-state index contributed by atoms with van der Waals surface area (Å²) in [6.45, 7) is 0. The van der Waals surface area contributed by atoms with E-state index in [2.05, 4.69) is 0 Å². The molecule has 0 unspecified atom stereocenters. The number of rotatable bonds is 2. The molecule has 2 rings (SSSR count). The zero-order valence-electron chi connectivity index (χ0n) is 7.34. The van der Waals surface area contributed by atoms with Gasteiger partial charge in [-0.15, -0.1) is 0 Å². The number of hydrogen-bond acceptors (Lipinski definition) is 1. The van der Waals surface area contributed by atoms with E-state index in [0.717, 1.165) is 0 Å². The fourth-order valence-corrected chi connectivity index (χ4v) is 2.00. The van der Waals surface area contributed by atoms with Crippen LogP contribution in [0.2, 0.25) is 5.02 Å². The number of nitrogens with two attached hydrogens (primary N) is 1. The molecule has 0 spiro atoms. The van der Waals surface area contributed by atoms with Crippen molar-refractivity contribution in [3.05, 3.63) is 34.6 Å². The molecule has 0 bridgehead atoms. The minimum absolute atomic E-state index is 0.124. The Labute approximate surface area is 85.9 Å². The minimum atomic E-state index is -0.380. The van der Waals surface area contributed by atoms with E-state index < -0.39 is 0 Å². The first-order valence-electron chi connectivity index (χ1n) is 4.34. The molecule has 1 aliphatic carbocycles. The second-order valence-corrected chi connectivity index (χ2v) is 3.89. The molecule has 0 radical (unpaired) electrons. The van der Waals surface area contributed by atoms with Crippen LogP contribution in [0.4, 0.5) is 4.39 Å². The molecule has 14 heavy (non-hydrogen) atoms. The molecule has 1 fully saturated rings. The van der Waals surface area contributed by atoms with Crippen molar-refractivity contribution in [3.63, 3.8) is 0 Å². The molecule has 2 nitrogen and oxygen atoms in total. The van der Waals surface area contributed by atoms with Crippen LogP contribution in [0.25, 0.3) is 0 Å². The molecule has 2 atom stereocenters. The van der Waals surface area contributed by atoms with Gasteiger partial charge in [0.15, 0.2) is 0 Å². The molecule has 0 saturated heterocycles. The van der Waals surface area contributed by atoms with Crippen molar-refractivity contribution >= 4 is 17.5 Å². The van der Waals surface area contributed by atoms with Crippen molar-refractivity contribution in [2.45, 2.75) is 12.3 Å². The Morgan fingerprint density at radius 2 is 2.29 bits per heavy atom. The maximum Gasteiger partial charge on any atom is 0.221 e. The van der Waals surface area contributed by atoms with Gasteiger partial charge < -0.3 is 5.73 Å². The number of carbonyl (C=O) groups is 1. The predicted molar refractivity (Wildman–Crippen MR) is 51.5 cm³/mol. The first-order chi connectivity index (χ1) is 6.61. The highest BCUT2D eigenvalue weighted by molar-refractivity contribution is 6.31. The van der Waals surface area contributed by atoms with Crippen LogP contribution in [0.15, 0.2) is 18.2 Å². The fourth-order valence-electron chi connectivity index (χ4n) is 1.69. The van der Waals surface area contributed by atoms with Crippen molar-refractivity contribution < 1.29 is 9.18 Å². The third kappa shape index (κ3) is 1.48. The molecule has 0 aromatic heterocycles. The molecule has 2 N–H and O–H groups in total. The fraction of sp³-hybridized carbons (Fsp3) is 0.300. The van der Waals surface area contributed by atoms with Crippen LogP contribution < -0.4 is 5.73 Å². The largest absolute Gasteiger partial charge is 0.369 e. The van der Waals surface area contributed by atoms with E-state index in [4.69, 9.17) is 17.3 Å². The zero-order valence-corrected chi connectivity index (χ0v) is 8.09. The minimum Gasteiger partial charge on any atom is -0.369 e. The maximum absolute atomic E-state index is 13.3. The van der Waals surface area contributed by atoms with Crippen LogP contribution in [0.1, 0.15) is 17.9 Å². The van der Waals surface area contributed by atoms with E-state index in [1.807, 2.05) is 0 Å². The molecule has 1 aliphatic rings. The standard InChI is InChI=1S/C10H9ClFNO/c11-7-2-1-3-8(12)9(7)5-4-6(5)10(13)14/h1-3,5-6H,4H2,(H2,13,14)/t5-,6+/m0/s1. The van der Waals surface area contributed by atoms with Gasteiger partial charge in [0.2, 0.25) is 5.91 Å². The lowest BCUT2D eigenvalue weighted by Crippen LogP contribution is -2.13. The summed E-state index contributed by atoms with van der Waals surface area (Å²) in [7, 11) is 0. The van der Waals surface area contributed by atoms with E-state index >= 15 is 0 Å². The average molecular weight is 214 g/mol. The number of halogens is 2. The highest BCUT2D eigenvalue weighted by atomic mass is 35.5. The van der Waals surface area contributed by atoms with Crippen LogP contribution >= 0.6 is 11.6 Å². The molecule has 0 heterocycles.